The van der Waals surface area contributed by atoms with Crippen LogP contribution in [0.5, 0.6) is 5.75 Å². The van der Waals surface area contributed by atoms with Crippen LogP contribution >= 0.6 is 0 Å². The zero-order valence-corrected chi connectivity index (χ0v) is 39.0. The molecule has 3 fully saturated rings. The Kier molecular flexibility index (Phi) is 13.7. The smallest absolute Gasteiger partial charge is 0.407 e. The number of ether oxygens (including phenoxy) is 5. The number of aromatic amines is 2. The van der Waals surface area contributed by atoms with E-state index >= 15 is 0 Å². The van der Waals surface area contributed by atoms with Gasteiger partial charge in [0, 0.05) is 49.5 Å². The molecule has 9 rings (SSSR count). The summed E-state index contributed by atoms with van der Waals surface area (Å²) in [5, 5.41) is 7.63. The van der Waals surface area contributed by atoms with Gasteiger partial charge in [-0.15, -0.1) is 0 Å². The highest BCUT2D eigenvalue weighted by molar-refractivity contribution is 6.07. The summed E-state index contributed by atoms with van der Waals surface area (Å²) < 4.78 is 27.5. The first-order valence-electron chi connectivity index (χ1n) is 23.8. The summed E-state index contributed by atoms with van der Waals surface area (Å²) in [7, 11) is 2.62. The van der Waals surface area contributed by atoms with Gasteiger partial charge in [-0.3, -0.25) is 9.59 Å². The van der Waals surface area contributed by atoms with Crippen molar-refractivity contribution in [2.45, 2.75) is 115 Å². The molecule has 5 atom stereocenters. The van der Waals surface area contributed by atoms with Gasteiger partial charge < -0.3 is 54.1 Å². The van der Waals surface area contributed by atoms with Crippen LogP contribution in [0.2, 0.25) is 0 Å². The van der Waals surface area contributed by atoms with Crippen molar-refractivity contribution in [3.05, 3.63) is 65.9 Å². The summed E-state index contributed by atoms with van der Waals surface area (Å²) >= 11 is 0. The molecule has 4 aliphatic heterocycles. The van der Waals surface area contributed by atoms with Crippen molar-refractivity contribution in [3.63, 3.8) is 0 Å². The van der Waals surface area contributed by atoms with Crippen LogP contribution in [-0.4, -0.2) is 119 Å². The van der Waals surface area contributed by atoms with Gasteiger partial charge in [-0.25, -0.2) is 19.6 Å². The van der Waals surface area contributed by atoms with E-state index in [1.807, 2.05) is 35.9 Å². The van der Waals surface area contributed by atoms with E-state index in [9.17, 15) is 19.2 Å². The summed E-state index contributed by atoms with van der Waals surface area (Å²) in [4.78, 5) is 74.3. The topological polar surface area (TPSA) is 202 Å². The number of amides is 4. The largest absolute Gasteiger partial charge is 0.488 e. The summed E-state index contributed by atoms with van der Waals surface area (Å²) in [5.41, 5.74) is 6.52. The van der Waals surface area contributed by atoms with Crippen LogP contribution < -0.4 is 15.4 Å². The number of carbonyl (C=O) groups is 4. The second kappa shape index (κ2) is 20.0. The first-order chi connectivity index (χ1) is 32.5. The zero-order chi connectivity index (χ0) is 46.8. The molecule has 0 saturated carbocycles. The lowest BCUT2D eigenvalue weighted by atomic mass is 9.90. The second-order valence-electron chi connectivity index (χ2n) is 18.5. The minimum atomic E-state index is -0.746. The molecule has 0 spiro atoms. The number of aromatic nitrogens is 4. The van der Waals surface area contributed by atoms with Gasteiger partial charge in [0.1, 0.15) is 36.1 Å². The van der Waals surface area contributed by atoms with E-state index in [0.29, 0.717) is 70.4 Å². The van der Waals surface area contributed by atoms with Crippen LogP contribution in [0.3, 0.4) is 0 Å². The first-order valence-corrected chi connectivity index (χ1v) is 23.8. The average Bonchev–Trinajstić information content (AvgIpc) is 4.12. The minimum absolute atomic E-state index is 0.0324. The maximum absolute atomic E-state index is 14.4. The summed E-state index contributed by atoms with van der Waals surface area (Å²) in [6.45, 7) is 8.97. The molecule has 17 heteroatoms. The molecule has 4 amide bonds. The third-order valence-corrected chi connectivity index (χ3v) is 14.3. The Morgan fingerprint density at radius 2 is 1.57 bits per heavy atom. The fourth-order valence-corrected chi connectivity index (χ4v) is 10.6. The van der Waals surface area contributed by atoms with Gasteiger partial charge in [-0.1, -0.05) is 31.5 Å². The Morgan fingerprint density at radius 3 is 2.27 bits per heavy atom. The van der Waals surface area contributed by atoms with Crippen LogP contribution in [0, 0.1) is 11.8 Å². The maximum atomic E-state index is 14.4. The molecule has 0 aliphatic carbocycles. The normalized spacial score (nSPS) is 20.0. The van der Waals surface area contributed by atoms with Gasteiger partial charge in [0.05, 0.1) is 49.7 Å². The number of nitrogens with zero attached hydrogens (tertiary/aromatic N) is 4. The predicted molar refractivity (Wildman–Crippen MR) is 250 cm³/mol. The third-order valence-electron chi connectivity index (χ3n) is 14.3. The van der Waals surface area contributed by atoms with E-state index in [1.165, 1.54) is 14.2 Å². The molecule has 356 valence electrons. The van der Waals surface area contributed by atoms with Crippen molar-refractivity contribution in [2.24, 2.45) is 11.8 Å². The molecular formula is C50H62N8O9. The lowest BCUT2D eigenvalue weighted by molar-refractivity contribution is -0.139. The molecule has 67 heavy (non-hydrogen) atoms. The Morgan fingerprint density at radius 1 is 0.866 bits per heavy atom. The fraction of sp³-hybridized carbons (Fsp3) is 0.520. The number of alkyl carbamates (subject to hydrolysis) is 2. The van der Waals surface area contributed by atoms with Crippen LogP contribution in [0.25, 0.3) is 44.2 Å². The van der Waals surface area contributed by atoms with Crippen molar-refractivity contribution in [2.75, 3.05) is 40.6 Å². The molecule has 0 bridgehead atoms. The Labute approximate surface area is 390 Å². The van der Waals surface area contributed by atoms with Gasteiger partial charge in [0.15, 0.2) is 0 Å². The van der Waals surface area contributed by atoms with Crippen molar-refractivity contribution < 1.29 is 42.9 Å². The van der Waals surface area contributed by atoms with Crippen LogP contribution in [0.1, 0.15) is 95.4 Å². The Balaban J connectivity index is 0.950. The number of hydrogen-bond acceptors (Lipinski definition) is 11. The van der Waals surface area contributed by atoms with Gasteiger partial charge in [0.25, 0.3) is 0 Å². The van der Waals surface area contributed by atoms with Crippen LogP contribution in [0.4, 0.5) is 9.59 Å². The number of likely N-dealkylation sites (tertiary alicyclic amines) is 1. The second-order valence-corrected chi connectivity index (χ2v) is 18.5. The molecule has 3 saturated heterocycles. The zero-order valence-electron chi connectivity index (χ0n) is 39.0. The maximum Gasteiger partial charge on any atom is 0.407 e. The van der Waals surface area contributed by atoms with Crippen molar-refractivity contribution in [1.82, 2.24) is 40.4 Å². The van der Waals surface area contributed by atoms with Gasteiger partial charge in [0.2, 0.25) is 11.8 Å². The highest BCUT2D eigenvalue weighted by Gasteiger charge is 2.43. The number of fused-ring (bicyclic) bond motifs is 6. The Bertz CT molecular complexity index is 2620. The molecule has 0 unspecified atom stereocenters. The first kappa shape index (κ1) is 45.9. The van der Waals surface area contributed by atoms with Crippen molar-refractivity contribution >= 4 is 45.8 Å². The van der Waals surface area contributed by atoms with Crippen LogP contribution in [-0.2, 0) is 41.7 Å². The lowest BCUT2D eigenvalue weighted by Gasteiger charge is -2.36. The number of benzene rings is 3. The minimum Gasteiger partial charge on any atom is -0.488 e. The van der Waals surface area contributed by atoms with Crippen molar-refractivity contribution in [1.29, 1.82) is 0 Å². The van der Waals surface area contributed by atoms with Crippen LogP contribution in [0.15, 0.2) is 48.7 Å². The van der Waals surface area contributed by atoms with Gasteiger partial charge in [-0.2, -0.15) is 0 Å². The molecule has 5 aromatic rings. The van der Waals surface area contributed by atoms with E-state index in [-0.39, 0.29) is 48.3 Å². The number of nitrogens with one attached hydrogen (secondary N) is 4. The summed E-state index contributed by atoms with van der Waals surface area (Å²) in [6, 6.07) is 12.8. The number of rotatable bonds is 13. The van der Waals surface area contributed by atoms with E-state index in [0.717, 1.165) is 81.2 Å². The summed E-state index contributed by atoms with van der Waals surface area (Å²) in [5.74, 6) is 1.70. The molecule has 2 aromatic heterocycles. The van der Waals surface area contributed by atoms with Gasteiger partial charge >= 0.3 is 12.2 Å². The SMILES string of the molecule is CCC[C@H](C)N(Cc1nc2c(ccc3cc4c(cc32)OCc2cc(-c3cnc([C@@H]5CC[C@H](C)N5C(=O)[C@@H](NC(=O)OC)C5CCOCC5)[nH]3)ccc2-4)[nH]1)C(=O)[C@@H](NC(=O)OC)C1CCOCC1. The highest BCUT2D eigenvalue weighted by Crippen LogP contribution is 2.43. The van der Waals surface area contributed by atoms with Gasteiger partial charge in [-0.05, 0) is 117 Å². The molecule has 3 aromatic carbocycles. The number of carbonyl (C=O) groups excluding carboxylic acids is 4. The van der Waals surface area contributed by atoms with E-state index in [4.69, 9.17) is 33.7 Å². The van der Waals surface area contributed by atoms with E-state index in [2.05, 4.69) is 63.9 Å². The fourth-order valence-electron chi connectivity index (χ4n) is 10.6. The third kappa shape index (κ3) is 9.40. The van der Waals surface area contributed by atoms with E-state index < -0.39 is 24.3 Å². The Hall–Kier alpha value is -6.20. The predicted octanol–water partition coefficient (Wildman–Crippen LogP) is 7.54. The molecule has 17 nitrogen and oxygen atoms in total. The lowest BCUT2D eigenvalue weighted by Crippen LogP contribution is -2.55. The average molecular weight is 919 g/mol. The number of H-pyrrole nitrogens is 2. The molecule has 4 N–H and O–H groups in total. The molecule has 6 heterocycles. The number of imidazole rings is 2. The molecular weight excluding hydrogens is 857 g/mol. The molecule has 4 aliphatic rings. The number of hydrogen-bond donors (Lipinski definition) is 4. The molecule has 0 radical (unpaired) electrons. The monoisotopic (exact) mass is 918 g/mol. The van der Waals surface area contributed by atoms with E-state index in [1.54, 1.807) is 0 Å². The quantitative estimate of drug-likeness (QED) is 0.0909. The standard InChI is InChI=1S/C50H62N8O9/c1-6-7-28(2)57(47(59)43(55-49(61)63-4)30-14-18-65-19-15-30)26-42-52-38-12-10-32-23-37-35-11-9-33(22-34(35)27-67-41(37)24-36(32)45(38)54-42)39-25-51-46(53-39)40-13-8-29(3)58(40)48(60)44(56-50(62)64-5)31-16-20-66-21-17-31/h9-12,22-25,28-31,40,43-44H,6-8,13-21,26-27H2,1-5H3,(H,51,53)(H,52,54)(H,55,61)(H,56,62)/t28-,29-,40-,43-,44-/m0/s1. The number of methoxy groups -OCH3 is 2. The summed E-state index contributed by atoms with van der Waals surface area (Å²) in [6.07, 6.45) is 6.50. The highest BCUT2D eigenvalue weighted by atomic mass is 16.5. The van der Waals surface area contributed by atoms with Crippen molar-refractivity contribution in [3.8, 4) is 28.1 Å².